The van der Waals surface area contributed by atoms with Gasteiger partial charge in [0.2, 0.25) is 5.91 Å². The summed E-state index contributed by atoms with van der Waals surface area (Å²) >= 11 is 6.38. The fourth-order valence-electron chi connectivity index (χ4n) is 4.16. The monoisotopic (exact) mass is 519 g/mol. The lowest BCUT2D eigenvalue weighted by Crippen LogP contribution is -2.45. The van der Waals surface area contributed by atoms with E-state index in [0.717, 1.165) is 16.7 Å². The second-order valence-electron chi connectivity index (χ2n) is 9.37. The van der Waals surface area contributed by atoms with Crippen molar-refractivity contribution in [3.8, 4) is 11.8 Å². The van der Waals surface area contributed by atoms with Crippen LogP contribution in [0.5, 0.6) is 0 Å². The molecule has 1 aliphatic heterocycles. The van der Waals surface area contributed by atoms with Crippen molar-refractivity contribution >= 4 is 29.2 Å². The number of nitrogens with one attached hydrogen (secondary N) is 1. The molecule has 2 unspecified atom stereocenters. The molecule has 0 radical (unpaired) electrons. The van der Waals surface area contributed by atoms with Gasteiger partial charge in [-0.25, -0.2) is 4.98 Å². The van der Waals surface area contributed by atoms with Crippen LogP contribution in [0.4, 0.5) is 5.82 Å². The minimum Gasteiger partial charge on any atom is -0.356 e. The fourth-order valence-corrected chi connectivity index (χ4v) is 4.38. The number of pyridine rings is 1. The Kier molecular flexibility index (Phi) is 8.27. The van der Waals surface area contributed by atoms with Crippen molar-refractivity contribution in [3.05, 3.63) is 76.2 Å². The molecule has 4 rings (SSSR count). The van der Waals surface area contributed by atoms with Crippen LogP contribution >= 0.6 is 11.6 Å². The maximum atomic E-state index is 13.3. The highest BCUT2D eigenvalue weighted by Gasteiger charge is 2.32. The van der Waals surface area contributed by atoms with Gasteiger partial charge in [0.1, 0.15) is 18.2 Å². The van der Waals surface area contributed by atoms with Crippen molar-refractivity contribution in [1.29, 1.82) is 0 Å². The molecule has 8 nitrogen and oxygen atoms in total. The summed E-state index contributed by atoms with van der Waals surface area (Å²) in [5, 5.41) is 7.44. The van der Waals surface area contributed by atoms with Crippen molar-refractivity contribution in [2.75, 3.05) is 18.6 Å². The summed E-state index contributed by atoms with van der Waals surface area (Å²) in [4.78, 5) is 31.6. The number of amides is 2. The number of aromatic nitrogens is 3. The highest BCUT2D eigenvalue weighted by molar-refractivity contribution is 6.34. The molecule has 1 saturated heterocycles. The van der Waals surface area contributed by atoms with Crippen LogP contribution in [0, 0.1) is 24.7 Å². The first-order valence-electron chi connectivity index (χ1n) is 12.2. The lowest BCUT2D eigenvalue weighted by Gasteiger charge is -2.36. The quantitative estimate of drug-likeness (QED) is 0.494. The summed E-state index contributed by atoms with van der Waals surface area (Å²) in [6.07, 6.45) is 3.48. The molecule has 2 amide bonds. The van der Waals surface area contributed by atoms with Crippen LogP contribution in [-0.2, 0) is 9.53 Å². The van der Waals surface area contributed by atoms with Gasteiger partial charge in [-0.05, 0) is 44.0 Å². The molecule has 3 aromatic rings. The lowest BCUT2D eigenvalue weighted by molar-refractivity contribution is -0.152. The van der Waals surface area contributed by atoms with Crippen LogP contribution in [0.15, 0.2) is 48.8 Å². The number of halogens is 1. The second-order valence-corrected chi connectivity index (χ2v) is 9.77. The van der Waals surface area contributed by atoms with Crippen molar-refractivity contribution in [2.45, 2.75) is 46.3 Å². The highest BCUT2D eigenvalue weighted by Crippen LogP contribution is 2.27. The van der Waals surface area contributed by atoms with Crippen molar-refractivity contribution in [2.24, 2.45) is 5.92 Å². The molecule has 1 fully saturated rings. The van der Waals surface area contributed by atoms with Crippen LogP contribution in [0.25, 0.3) is 0 Å². The molecule has 0 spiro atoms. The van der Waals surface area contributed by atoms with Gasteiger partial charge in [0, 0.05) is 29.8 Å². The molecule has 2 aromatic heterocycles. The van der Waals surface area contributed by atoms with Crippen LogP contribution in [0.2, 0.25) is 5.02 Å². The Morgan fingerprint density at radius 1 is 1.14 bits per heavy atom. The topological polar surface area (TPSA) is 89.4 Å². The predicted molar refractivity (Wildman–Crippen MR) is 142 cm³/mol. The average molecular weight is 520 g/mol. The van der Waals surface area contributed by atoms with Gasteiger partial charge in [0.05, 0.1) is 23.4 Å². The zero-order valence-corrected chi connectivity index (χ0v) is 22.1. The Hall–Kier alpha value is -3.67. The normalized spacial score (nSPS) is 16.2. The summed E-state index contributed by atoms with van der Waals surface area (Å²) in [5.41, 5.74) is 2.66. The number of ether oxygens (including phenoxy) is 1. The van der Waals surface area contributed by atoms with Gasteiger partial charge in [-0.2, -0.15) is 5.10 Å². The summed E-state index contributed by atoms with van der Waals surface area (Å²) in [7, 11) is 0. The molecule has 1 N–H and O–H groups in total. The zero-order chi connectivity index (χ0) is 26.5. The van der Waals surface area contributed by atoms with E-state index >= 15 is 0 Å². The molecule has 2 atom stereocenters. The Balaban J connectivity index is 1.45. The number of hydrogen-bond acceptors (Lipinski definition) is 5. The number of nitrogens with zero attached hydrogens (tertiary/aromatic N) is 4. The summed E-state index contributed by atoms with van der Waals surface area (Å²) in [6, 6.07) is 11.3. The molecular formula is C28H30ClN5O3. The van der Waals surface area contributed by atoms with E-state index in [1.165, 1.54) is 6.20 Å². The van der Waals surface area contributed by atoms with Gasteiger partial charge in [0.15, 0.2) is 0 Å². The van der Waals surface area contributed by atoms with Crippen molar-refractivity contribution in [1.82, 2.24) is 19.7 Å². The van der Waals surface area contributed by atoms with Crippen molar-refractivity contribution < 1.29 is 14.3 Å². The van der Waals surface area contributed by atoms with E-state index in [0.29, 0.717) is 18.8 Å². The van der Waals surface area contributed by atoms with Crippen LogP contribution in [0.1, 0.15) is 60.4 Å². The maximum absolute atomic E-state index is 13.3. The molecule has 9 heteroatoms. The molecule has 1 aliphatic rings. The Bertz CT molecular complexity index is 1330. The number of hydrogen-bond donors (Lipinski definition) is 1. The van der Waals surface area contributed by atoms with Crippen molar-refractivity contribution in [3.63, 3.8) is 0 Å². The van der Waals surface area contributed by atoms with E-state index < -0.39 is 5.91 Å². The van der Waals surface area contributed by atoms with E-state index in [-0.39, 0.29) is 41.4 Å². The van der Waals surface area contributed by atoms with Gasteiger partial charge in [-0.15, -0.1) is 0 Å². The summed E-state index contributed by atoms with van der Waals surface area (Å²) in [6.45, 7) is 8.33. The SMILES string of the molecule is Cc1cc(C#Cc2ccccc2)cnc1NC(=O)c1c(Cl)cnn1C(C)C1CCN(C(=O)C(C)C)CO1. The number of anilines is 1. The number of carbonyl (C=O) groups is 2. The molecule has 0 bridgehead atoms. The Labute approximate surface area is 222 Å². The zero-order valence-electron chi connectivity index (χ0n) is 21.4. The van der Waals surface area contributed by atoms with E-state index in [1.807, 2.05) is 64.1 Å². The summed E-state index contributed by atoms with van der Waals surface area (Å²) in [5.74, 6) is 6.18. The molecule has 3 heterocycles. The predicted octanol–water partition coefficient (Wildman–Crippen LogP) is 4.68. The third-order valence-corrected chi connectivity index (χ3v) is 6.54. The summed E-state index contributed by atoms with van der Waals surface area (Å²) < 4.78 is 7.55. The van der Waals surface area contributed by atoms with E-state index in [2.05, 4.69) is 27.2 Å². The number of rotatable bonds is 5. The van der Waals surface area contributed by atoms with E-state index in [4.69, 9.17) is 16.3 Å². The highest BCUT2D eigenvalue weighted by atomic mass is 35.5. The van der Waals surface area contributed by atoms with Gasteiger partial charge in [-0.3, -0.25) is 14.3 Å². The standard InChI is InChI=1S/C28H30ClN5O3/c1-18(2)28(36)33-13-12-24(37-17-33)20(4)34-25(23(29)16-31-34)27(35)32-26-19(3)14-22(15-30-26)11-10-21-8-6-5-7-9-21/h5-9,14-16,18,20,24H,12-13,17H2,1-4H3,(H,30,32,35). The molecular weight excluding hydrogens is 490 g/mol. The third kappa shape index (κ3) is 6.19. The number of carbonyl (C=O) groups excluding carboxylic acids is 2. The molecule has 0 saturated carbocycles. The van der Waals surface area contributed by atoms with Crippen LogP contribution < -0.4 is 5.32 Å². The van der Waals surface area contributed by atoms with Crippen LogP contribution in [-0.4, -0.2) is 50.9 Å². The van der Waals surface area contributed by atoms with Gasteiger partial charge in [0.25, 0.3) is 5.91 Å². The van der Waals surface area contributed by atoms with E-state index in [9.17, 15) is 9.59 Å². The largest absolute Gasteiger partial charge is 0.356 e. The smallest absolute Gasteiger partial charge is 0.276 e. The first-order valence-corrected chi connectivity index (χ1v) is 12.6. The molecule has 192 valence electrons. The van der Waals surface area contributed by atoms with Gasteiger partial charge in [-0.1, -0.05) is 55.5 Å². The fraction of sp³-hybridized carbons (Fsp3) is 0.357. The van der Waals surface area contributed by atoms with Gasteiger partial charge >= 0.3 is 0 Å². The Morgan fingerprint density at radius 2 is 1.86 bits per heavy atom. The average Bonchev–Trinajstić information content (AvgIpc) is 3.30. The lowest BCUT2D eigenvalue weighted by atomic mass is 10.1. The molecule has 1 aromatic carbocycles. The molecule has 37 heavy (non-hydrogen) atoms. The van der Waals surface area contributed by atoms with Gasteiger partial charge < -0.3 is 15.0 Å². The Morgan fingerprint density at radius 3 is 2.51 bits per heavy atom. The second kappa shape index (κ2) is 11.6. The maximum Gasteiger partial charge on any atom is 0.276 e. The minimum atomic E-state index is -0.416. The number of benzene rings is 1. The number of aryl methyl sites for hydroxylation is 1. The minimum absolute atomic E-state index is 0.0632. The molecule has 0 aliphatic carbocycles. The first kappa shape index (κ1) is 26.4. The first-order chi connectivity index (χ1) is 17.7. The van der Waals surface area contributed by atoms with Crippen LogP contribution in [0.3, 0.4) is 0 Å². The third-order valence-electron chi connectivity index (χ3n) is 6.26. The van der Waals surface area contributed by atoms with E-state index in [1.54, 1.807) is 15.8 Å².